The van der Waals surface area contributed by atoms with E-state index in [0.29, 0.717) is 0 Å². The third-order valence-corrected chi connectivity index (χ3v) is 3.91. The molecule has 1 fully saturated rings. The molecule has 0 spiro atoms. The standard InChI is InChI=1S/C12H12N2S/c1-2-7-13-10(6-1)11-8-15-12(14-11)9-4-3-5-9/h1-2,6-9H,3-5H2. The molecule has 15 heavy (non-hydrogen) atoms. The average Bonchev–Trinajstić information content (AvgIpc) is 2.66. The summed E-state index contributed by atoms with van der Waals surface area (Å²) in [5, 5.41) is 3.41. The summed E-state index contributed by atoms with van der Waals surface area (Å²) in [6.07, 6.45) is 5.81. The van der Waals surface area contributed by atoms with E-state index in [0.717, 1.165) is 17.3 Å². The highest BCUT2D eigenvalue weighted by Gasteiger charge is 2.22. The van der Waals surface area contributed by atoms with Crippen LogP contribution in [0.5, 0.6) is 0 Å². The zero-order valence-electron chi connectivity index (χ0n) is 8.39. The summed E-state index contributed by atoms with van der Waals surface area (Å²) >= 11 is 1.78. The molecule has 76 valence electrons. The topological polar surface area (TPSA) is 25.8 Å². The lowest BCUT2D eigenvalue weighted by Gasteiger charge is -2.22. The number of hydrogen-bond donors (Lipinski definition) is 0. The minimum absolute atomic E-state index is 0.729. The summed E-state index contributed by atoms with van der Waals surface area (Å²) in [5.41, 5.74) is 2.02. The van der Waals surface area contributed by atoms with Crippen LogP contribution in [0.15, 0.2) is 29.8 Å². The Balaban J connectivity index is 1.90. The number of pyridine rings is 1. The third kappa shape index (κ3) is 1.67. The molecule has 0 amide bonds. The number of aromatic nitrogens is 2. The van der Waals surface area contributed by atoms with Crippen LogP contribution in [-0.4, -0.2) is 9.97 Å². The van der Waals surface area contributed by atoms with E-state index in [1.165, 1.54) is 24.3 Å². The molecule has 0 saturated heterocycles. The van der Waals surface area contributed by atoms with Gasteiger partial charge in [0.25, 0.3) is 0 Å². The van der Waals surface area contributed by atoms with Gasteiger partial charge < -0.3 is 0 Å². The second-order valence-electron chi connectivity index (χ2n) is 3.91. The molecule has 0 aliphatic heterocycles. The first-order chi connectivity index (χ1) is 7.43. The van der Waals surface area contributed by atoms with Gasteiger partial charge in [0.05, 0.1) is 16.4 Å². The Morgan fingerprint density at radius 3 is 2.80 bits per heavy atom. The van der Waals surface area contributed by atoms with Crippen molar-refractivity contribution in [3.05, 3.63) is 34.8 Å². The normalized spacial score (nSPS) is 16.3. The predicted octanol–water partition coefficient (Wildman–Crippen LogP) is 3.47. The Morgan fingerprint density at radius 2 is 2.13 bits per heavy atom. The van der Waals surface area contributed by atoms with E-state index in [4.69, 9.17) is 0 Å². The van der Waals surface area contributed by atoms with E-state index in [9.17, 15) is 0 Å². The zero-order chi connectivity index (χ0) is 10.1. The fourth-order valence-corrected chi connectivity index (χ4v) is 2.75. The van der Waals surface area contributed by atoms with E-state index in [-0.39, 0.29) is 0 Å². The largest absolute Gasteiger partial charge is 0.255 e. The highest BCUT2D eigenvalue weighted by atomic mass is 32.1. The Morgan fingerprint density at radius 1 is 1.20 bits per heavy atom. The molecule has 2 nitrogen and oxygen atoms in total. The van der Waals surface area contributed by atoms with Crippen molar-refractivity contribution in [2.45, 2.75) is 25.2 Å². The summed E-state index contributed by atoms with van der Waals surface area (Å²) in [5.74, 6) is 0.729. The van der Waals surface area contributed by atoms with E-state index in [1.807, 2.05) is 24.4 Å². The minimum atomic E-state index is 0.729. The SMILES string of the molecule is c1ccc(-c2csc(C3CCC3)n2)nc1. The van der Waals surface area contributed by atoms with Crippen LogP contribution in [0.1, 0.15) is 30.2 Å². The smallest absolute Gasteiger partial charge is 0.0998 e. The Labute approximate surface area is 93.0 Å². The number of thiazole rings is 1. The highest BCUT2D eigenvalue weighted by Crippen LogP contribution is 2.38. The van der Waals surface area contributed by atoms with Gasteiger partial charge >= 0.3 is 0 Å². The Kier molecular flexibility index (Phi) is 2.25. The lowest BCUT2D eigenvalue weighted by molar-refractivity contribution is 0.418. The summed E-state index contributed by atoms with van der Waals surface area (Å²) in [6, 6.07) is 5.95. The van der Waals surface area contributed by atoms with Crippen LogP contribution in [0.2, 0.25) is 0 Å². The van der Waals surface area contributed by atoms with Gasteiger partial charge in [-0.25, -0.2) is 4.98 Å². The van der Waals surface area contributed by atoms with Gasteiger partial charge in [0.1, 0.15) is 0 Å². The fourth-order valence-electron chi connectivity index (χ4n) is 1.76. The number of nitrogens with zero attached hydrogens (tertiary/aromatic N) is 2. The molecule has 0 radical (unpaired) electrons. The van der Waals surface area contributed by atoms with Crippen LogP contribution in [0.4, 0.5) is 0 Å². The molecule has 0 N–H and O–H groups in total. The molecular formula is C12H12N2S. The second-order valence-corrected chi connectivity index (χ2v) is 4.80. The van der Waals surface area contributed by atoms with Crippen molar-refractivity contribution in [3.63, 3.8) is 0 Å². The summed E-state index contributed by atoms with van der Waals surface area (Å²) < 4.78 is 0. The molecule has 1 saturated carbocycles. The van der Waals surface area contributed by atoms with E-state index in [1.54, 1.807) is 11.3 Å². The Hall–Kier alpha value is -1.22. The fraction of sp³-hybridized carbons (Fsp3) is 0.333. The first-order valence-electron chi connectivity index (χ1n) is 5.30. The van der Waals surface area contributed by atoms with E-state index < -0.39 is 0 Å². The van der Waals surface area contributed by atoms with Gasteiger partial charge in [0.2, 0.25) is 0 Å². The van der Waals surface area contributed by atoms with Crippen LogP contribution >= 0.6 is 11.3 Å². The van der Waals surface area contributed by atoms with Gasteiger partial charge in [-0.1, -0.05) is 12.5 Å². The van der Waals surface area contributed by atoms with Crippen molar-refractivity contribution in [2.75, 3.05) is 0 Å². The lowest BCUT2D eigenvalue weighted by atomic mass is 9.86. The lowest BCUT2D eigenvalue weighted by Crippen LogP contribution is -2.07. The molecule has 1 aliphatic rings. The van der Waals surface area contributed by atoms with E-state index in [2.05, 4.69) is 15.3 Å². The van der Waals surface area contributed by atoms with Crippen molar-refractivity contribution in [1.82, 2.24) is 9.97 Å². The van der Waals surface area contributed by atoms with Crippen molar-refractivity contribution in [1.29, 1.82) is 0 Å². The third-order valence-electron chi connectivity index (χ3n) is 2.90. The van der Waals surface area contributed by atoms with Gasteiger partial charge in [-0.2, -0.15) is 0 Å². The van der Waals surface area contributed by atoms with Gasteiger partial charge in [-0.05, 0) is 25.0 Å². The van der Waals surface area contributed by atoms with Gasteiger partial charge in [-0.15, -0.1) is 11.3 Å². The number of rotatable bonds is 2. The highest BCUT2D eigenvalue weighted by molar-refractivity contribution is 7.10. The van der Waals surface area contributed by atoms with Gasteiger partial charge in [-0.3, -0.25) is 4.98 Å². The molecule has 0 aromatic carbocycles. The average molecular weight is 216 g/mol. The van der Waals surface area contributed by atoms with Crippen molar-refractivity contribution < 1.29 is 0 Å². The van der Waals surface area contributed by atoms with Crippen molar-refractivity contribution >= 4 is 11.3 Å². The maximum Gasteiger partial charge on any atom is 0.0998 e. The van der Waals surface area contributed by atoms with Gasteiger partial charge in [0.15, 0.2) is 0 Å². The molecule has 0 atom stereocenters. The quantitative estimate of drug-likeness (QED) is 0.768. The predicted molar refractivity (Wildman–Crippen MR) is 61.9 cm³/mol. The first-order valence-corrected chi connectivity index (χ1v) is 6.18. The molecule has 3 heteroatoms. The molecule has 2 heterocycles. The van der Waals surface area contributed by atoms with Crippen LogP contribution in [-0.2, 0) is 0 Å². The molecule has 0 unspecified atom stereocenters. The van der Waals surface area contributed by atoms with Crippen LogP contribution in [0.3, 0.4) is 0 Å². The molecule has 0 bridgehead atoms. The van der Waals surface area contributed by atoms with Gasteiger partial charge in [0, 0.05) is 17.5 Å². The van der Waals surface area contributed by atoms with Crippen molar-refractivity contribution in [3.8, 4) is 11.4 Å². The van der Waals surface area contributed by atoms with Crippen LogP contribution in [0, 0.1) is 0 Å². The molecule has 3 rings (SSSR count). The van der Waals surface area contributed by atoms with Crippen LogP contribution < -0.4 is 0 Å². The zero-order valence-corrected chi connectivity index (χ0v) is 9.20. The maximum atomic E-state index is 4.66. The second kappa shape index (κ2) is 3.74. The molecule has 2 aromatic rings. The first kappa shape index (κ1) is 9.04. The maximum absolute atomic E-state index is 4.66. The monoisotopic (exact) mass is 216 g/mol. The Bertz CT molecular complexity index is 446. The molecule has 2 aromatic heterocycles. The number of hydrogen-bond acceptors (Lipinski definition) is 3. The molecular weight excluding hydrogens is 204 g/mol. The van der Waals surface area contributed by atoms with Crippen LogP contribution in [0.25, 0.3) is 11.4 Å². The molecule has 1 aliphatic carbocycles. The summed E-state index contributed by atoms with van der Waals surface area (Å²) in [6.45, 7) is 0. The summed E-state index contributed by atoms with van der Waals surface area (Å²) in [4.78, 5) is 8.97. The summed E-state index contributed by atoms with van der Waals surface area (Å²) in [7, 11) is 0. The van der Waals surface area contributed by atoms with E-state index >= 15 is 0 Å². The van der Waals surface area contributed by atoms with Crippen molar-refractivity contribution in [2.24, 2.45) is 0 Å². The minimum Gasteiger partial charge on any atom is -0.255 e.